The molecule has 2 aromatic rings. The van der Waals surface area contributed by atoms with Crippen LogP contribution in [0.3, 0.4) is 0 Å². The van der Waals surface area contributed by atoms with E-state index in [9.17, 15) is 0 Å². The molecule has 0 aliphatic carbocycles. The van der Waals surface area contributed by atoms with Crippen molar-refractivity contribution in [2.45, 2.75) is 53.4 Å². The molecular formula is C27H36Cl3N2O4+. The van der Waals surface area contributed by atoms with Gasteiger partial charge in [0.1, 0.15) is 7.05 Å². The fraction of sp³-hybridized carbons (Fsp3) is 0.370. The second-order valence-corrected chi connectivity index (χ2v) is 11.0. The molecule has 0 unspecified atom stereocenters. The smallest absolute Gasteiger partial charge is 0.209 e. The van der Waals surface area contributed by atoms with Crippen molar-refractivity contribution in [3.8, 4) is 0 Å². The Morgan fingerprint density at radius 1 is 0.917 bits per heavy atom. The first-order chi connectivity index (χ1) is 15.5. The van der Waals surface area contributed by atoms with E-state index >= 15 is 0 Å². The van der Waals surface area contributed by atoms with Crippen LogP contribution in [-0.4, -0.2) is 29.0 Å². The topological polar surface area (TPSA) is 95.7 Å². The van der Waals surface area contributed by atoms with Crippen LogP contribution >= 0.6 is 23.2 Å². The first-order valence-electron chi connectivity index (χ1n) is 10.5. The van der Waals surface area contributed by atoms with Crippen molar-refractivity contribution in [2.24, 2.45) is 0 Å². The number of likely N-dealkylation sites (N-methyl/N-ethyl adjacent to an activating group) is 1. The number of hydrogen-bond donors (Lipinski definition) is 1. The number of halogens is 3. The lowest BCUT2D eigenvalue weighted by Gasteiger charge is -2.23. The second kappa shape index (κ2) is 11.2. The Morgan fingerprint density at radius 2 is 1.42 bits per heavy atom. The standard InChI is InChI=1S/C25H27Cl2N2.2CH4.ClHO4/c1-24(2)18-14-16(26)10-12-20(18)28(5)22(24)8-7-9-23-25(3,4)19-15-17(27)11-13-21(19)29(23)6;;;2-1(3,4)5/h7-15H,1-6H3;2*1H4;(H,2,3,4,5)/q+1;;;. The monoisotopic (exact) mass is 557 g/mol. The molecule has 0 radical (unpaired) electrons. The van der Waals surface area contributed by atoms with Gasteiger partial charge in [-0.3, -0.25) is 0 Å². The van der Waals surface area contributed by atoms with Crippen LogP contribution in [-0.2, 0) is 10.8 Å². The molecule has 0 fully saturated rings. The van der Waals surface area contributed by atoms with E-state index in [0.29, 0.717) is 0 Å². The molecule has 1 N–H and O–H groups in total. The predicted molar refractivity (Wildman–Crippen MR) is 141 cm³/mol. The van der Waals surface area contributed by atoms with E-state index in [0.717, 1.165) is 10.0 Å². The quantitative estimate of drug-likeness (QED) is 0.562. The van der Waals surface area contributed by atoms with E-state index in [-0.39, 0.29) is 25.7 Å². The molecule has 36 heavy (non-hydrogen) atoms. The number of fused-ring (bicyclic) bond motifs is 2. The molecule has 0 saturated heterocycles. The summed E-state index contributed by atoms with van der Waals surface area (Å²) < 4.78 is 35.0. The zero-order valence-corrected chi connectivity index (χ0v) is 22.2. The maximum Gasteiger partial charge on any atom is 0.209 e. The first kappa shape index (κ1) is 32.1. The zero-order valence-electron chi connectivity index (χ0n) is 19.9. The van der Waals surface area contributed by atoms with Crippen molar-refractivity contribution in [3.63, 3.8) is 0 Å². The molecule has 0 bridgehead atoms. The third-order valence-corrected chi connectivity index (χ3v) is 6.97. The van der Waals surface area contributed by atoms with E-state index in [4.69, 9.17) is 41.8 Å². The van der Waals surface area contributed by atoms with Gasteiger partial charge < -0.3 is 4.90 Å². The van der Waals surface area contributed by atoms with Crippen LogP contribution < -0.4 is 18.9 Å². The highest BCUT2D eigenvalue weighted by molar-refractivity contribution is 6.31. The zero-order chi connectivity index (χ0) is 25.6. The summed E-state index contributed by atoms with van der Waals surface area (Å²) in [5, 5.41) is 1.56. The van der Waals surface area contributed by atoms with Gasteiger partial charge in [0, 0.05) is 51.6 Å². The van der Waals surface area contributed by atoms with Crippen molar-refractivity contribution in [3.05, 3.63) is 81.5 Å². The molecule has 2 aromatic carbocycles. The number of anilines is 1. The van der Waals surface area contributed by atoms with Crippen LogP contribution in [0.5, 0.6) is 0 Å². The van der Waals surface area contributed by atoms with Crippen LogP contribution in [0, 0.1) is 10.2 Å². The predicted octanol–water partition coefficient (Wildman–Crippen LogP) is 4.02. The van der Waals surface area contributed by atoms with Crippen LogP contribution in [0.1, 0.15) is 53.7 Å². The Bertz CT molecular complexity index is 1210. The highest BCUT2D eigenvalue weighted by Gasteiger charge is 2.43. The number of rotatable bonds is 2. The summed E-state index contributed by atoms with van der Waals surface area (Å²) in [5.74, 6) is 0. The van der Waals surface area contributed by atoms with Gasteiger partial charge in [0.2, 0.25) is 5.69 Å². The summed E-state index contributed by atoms with van der Waals surface area (Å²) in [6, 6.07) is 12.3. The van der Waals surface area contributed by atoms with E-state index in [1.54, 1.807) is 0 Å². The third-order valence-electron chi connectivity index (χ3n) is 6.50. The van der Waals surface area contributed by atoms with Crippen LogP contribution in [0.4, 0.5) is 11.4 Å². The molecule has 0 spiro atoms. The Labute approximate surface area is 227 Å². The largest absolute Gasteiger partial charge is 0.347 e. The van der Waals surface area contributed by atoms with Crippen LogP contribution in [0.2, 0.25) is 10.0 Å². The van der Waals surface area contributed by atoms with Crippen LogP contribution in [0.15, 0.2) is 60.3 Å². The average Bonchev–Trinajstić information content (AvgIpc) is 3.00. The van der Waals surface area contributed by atoms with Gasteiger partial charge in [0.25, 0.3) is 0 Å². The van der Waals surface area contributed by atoms with Gasteiger partial charge in [-0.1, -0.05) is 58.0 Å². The fourth-order valence-electron chi connectivity index (χ4n) is 4.85. The highest BCUT2D eigenvalue weighted by Crippen LogP contribution is 2.47. The van der Waals surface area contributed by atoms with Gasteiger partial charge in [-0.05, 0) is 55.8 Å². The van der Waals surface area contributed by atoms with E-state index < -0.39 is 10.2 Å². The average molecular weight is 559 g/mol. The molecule has 9 heteroatoms. The summed E-state index contributed by atoms with van der Waals surface area (Å²) in [6.07, 6.45) is 6.61. The molecule has 4 rings (SSSR count). The lowest BCUT2D eigenvalue weighted by molar-refractivity contribution is -1.92. The second-order valence-electron chi connectivity index (χ2n) is 9.38. The number of hydrogen-bond acceptors (Lipinski definition) is 5. The molecule has 6 nitrogen and oxygen atoms in total. The van der Waals surface area contributed by atoms with Gasteiger partial charge in [0.05, 0.1) is 20.3 Å². The van der Waals surface area contributed by atoms with Gasteiger partial charge in [0.15, 0.2) is 5.71 Å². The van der Waals surface area contributed by atoms with Gasteiger partial charge in [-0.25, -0.2) is 0 Å². The molecule has 0 atom stereocenters. The van der Waals surface area contributed by atoms with Crippen LogP contribution in [0.25, 0.3) is 0 Å². The minimum Gasteiger partial charge on any atom is -0.347 e. The molecule has 2 aliphatic heterocycles. The number of nitrogens with zero attached hydrogens (tertiary/aromatic N) is 2. The van der Waals surface area contributed by atoms with Crippen molar-refractivity contribution in [2.75, 3.05) is 19.0 Å². The number of allylic oxidation sites excluding steroid dienone is 4. The minimum atomic E-state index is -4.69. The third kappa shape index (κ3) is 6.32. The van der Waals surface area contributed by atoms with Crippen molar-refractivity contribution < 1.29 is 33.5 Å². The summed E-state index contributed by atoms with van der Waals surface area (Å²) >= 11 is 12.5. The maximum absolute atomic E-state index is 8.60. The SMILES string of the molecule is C.C.CN1C(=CC=CC2=[N+](C)c3ccc(Cl)cc3C2(C)C)C(C)(C)c2cc(Cl)ccc21.[O-][Cl+3]([O-])([O-])O. The Morgan fingerprint density at radius 3 is 1.97 bits per heavy atom. The van der Waals surface area contributed by atoms with Crippen molar-refractivity contribution >= 4 is 40.3 Å². The summed E-state index contributed by atoms with van der Waals surface area (Å²) in [4.78, 5) is 2.26. The van der Waals surface area contributed by atoms with E-state index in [2.05, 4.69) is 93.8 Å². The minimum absolute atomic E-state index is 0. The molecule has 0 saturated carbocycles. The molecule has 2 heterocycles. The molecule has 0 aromatic heterocycles. The van der Waals surface area contributed by atoms with E-state index in [1.165, 1.54) is 33.9 Å². The fourth-order valence-corrected chi connectivity index (χ4v) is 5.19. The van der Waals surface area contributed by atoms with Crippen molar-refractivity contribution in [1.82, 2.24) is 0 Å². The Hall–Kier alpha value is -1.90. The summed E-state index contributed by atoms with van der Waals surface area (Å²) in [7, 11) is -0.449. The Balaban J connectivity index is 0.000000846. The van der Waals surface area contributed by atoms with Gasteiger partial charge in [-0.15, -0.1) is 0 Å². The maximum atomic E-state index is 8.60. The molecular weight excluding hydrogens is 523 g/mol. The molecule has 0 amide bonds. The summed E-state index contributed by atoms with van der Waals surface area (Å²) in [6.45, 7) is 9.01. The van der Waals surface area contributed by atoms with Crippen molar-refractivity contribution in [1.29, 1.82) is 0 Å². The number of benzene rings is 2. The lowest BCUT2D eigenvalue weighted by Crippen LogP contribution is -2.58. The lowest BCUT2D eigenvalue weighted by atomic mass is 9.81. The summed E-state index contributed by atoms with van der Waals surface area (Å²) in [5.41, 5.74) is 7.27. The first-order valence-corrected chi connectivity index (χ1v) is 12.5. The van der Waals surface area contributed by atoms with Gasteiger partial charge >= 0.3 is 0 Å². The van der Waals surface area contributed by atoms with E-state index in [1.807, 2.05) is 12.1 Å². The normalized spacial score (nSPS) is 18.3. The highest BCUT2D eigenvalue weighted by atomic mass is 35.7. The molecule has 198 valence electrons. The Kier molecular flexibility index (Phi) is 10.0. The van der Waals surface area contributed by atoms with Gasteiger partial charge in [-0.2, -0.15) is 18.6 Å². The molecule has 2 aliphatic rings.